The van der Waals surface area contributed by atoms with Crippen LogP contribution in [0, 0.1) is 0 Å². The van der Waals surface area contributed by atoms with Crippen LogP contribution >= 0.6 is 11.6 Å². The Morgan fingerprint density at radius 2 is 2.15 bits per heavy atom. The number of halogens is 1. The molecule has 0 aliphatic carbocycles. The summed E-state index contributed by atoms with van der Waals surface area (Å²) in [6.45, 7) is 1.46. The van der Waals surface area contributed by atoms with Gasteiger partial charge in [0.25, 0.3) is 0 Å². The lowest BCUT2D eigenvalue weighted by Crippen LogP contribution is -2.38. The number of para-hydroxylation sites is 1. The zero-order valence-corrected chi connectivity index (χ0v) is 11.8. The molecule has 1 aromatic carbocycles. The Balaban J connectivity index is 1.73. The molecule has 1 atom stereocenters. The average molecular weight is 297 g/mol. The minimum absolute atomic E-state index is 0.0292. The van der Waals surface area contributed by atoms with Gasteiger partial charge >= 0.3 is 0 Å². The fourth-order valence-corrected chi connectivity index (χ4v) is 2.22. The summed E-state index contributed by atoms with van der Waals surface area (Å²) < 4.78 is 5.55. The molecule has 6 heteroatoms. The molecule has 2 amide bonds. The van der Waals surface area contributed by atoms with E-state index in [1.807, 2.05) is 30.3 Å². The summed E-state index contributed by atoms with van der Waals surface area (Å²) in [4.78, 5) is 24.7. The lowest BCUT2D eigenvalue weighted by molar-refractivity contribution is -0.128. The van der Waals surface area contributed by atoms with Crippen LogP contribution in [0.25, 0.3) is 0 Å². The summed E-state index contributed by atoms with van der Waals surface area (Å²) in [5.41, 5.74) is 0. The maximum absolute atomic E-state index is 11.8. The van der Waals surface area contributed by atoms with E-state index in [0.717, 1.165) is 5.75 Å². The number of carbonyl (C=O) groups excluding carboxylic acids is 2. The normalized spacial score (nSPS) is 18.1. The van der Waals surface area contributed by atoms with Crippen molar-refractivity contribution in [1.82, 2.24) is 10.2 Å². The Morgan fingerprint density at radius 1 is 1.40 bits per heavy atom. The fraction of sp³-hybridized carbons (Fsp3) is 0.429. The van der Waals surface area contributed by atoms with Crippen molar-refractivity contribution in [2.75, 3.05) is 25.6 Å². The van der Waals surface area contributed by atoms with Crippen LogP contribution in [0.5, 0.6) is 5.75 Å². The molecular formula is C14H17ClN2O3. The van der Waals surface area contributed by atoms with Crippen molar-refractivity contribution >= 4 is 23.4 Å². The Hall–Kier alpha value is -1.75. The molecule has 1 aromatic rings. The molecule has 108 valence electrons. The molecule has 1 fully saturated rings. The van der Waals surface area contributed by atoms with E-state index >= 15 is 0 Å². The highest BCUT2D eigenvalue weighted by atomic mass is 35.5. The van der Waals surface area contributed by atoms with Crippen molar-refractivity contribution in [3.8, 4) is 5.75 Å². The lowest BCUT2D eigenvalue weighted by Gasteiger charge is -2.17. The smallest absolute Gasteiger partial charge is 0.235 e. The largest absolute Gasteiger partial charge is 0.492 e. The standard InChI is InChI=1S/C14H17ClN2O3/c15-9-13(18)16-11-8-14(19)17(10-11)6-7-20-12-4-2-1-3-5-12/h1-5,11H,6-10H2,(H,16,18). The van der Waals surface area contributed by atoms with Crippen molar-refractivity contribution in [1.29, 1.82) is 0 Å². The molecule has 20 heavy (non-hydrogen) atoms. The summed E-state index contributed by atoms with van der Waals surface area (Å²) in [5.74, 6) is 0.487. The monoisotopic (exact) mass is 296 g/mol. The van der Waals surface area contributed by atoms with Gasteiger partial charge in [-0.15, -0.1) is 11.6 Å². The third kappa shape index (κ3) is 4.13. The molecular weight excluding hydrogens is 280 g/mol. The Kier molecular flexibility index (Phi) is 5.24. The first-order chi connectivity index (χ1) is 9.69. The third-order valence-corrected chi connectivity index (χ3v) is 3.32. The molecule has 0 aromatic heterocycles. The van der Waals surface area contributed by atoms with Crippen molar-refractivity contribution in [3.63, 3.8) is 0 Å². The van der Waals surface area contributed by atoms with E-state index in [1.165, 1.54) is 0 Å². The zero-order chi connectivity index (χ0) is 14.4. The van der Waals surface area contributed by atoms with Gasteiger partial charge in [-0.25, -0.2) is 0 Å². The number of alkyl halides is 1. The summed E-state index contributed by atoms with van der Waals surface area (Å²) in [7, 11) is 0. The predicted molar refractivity (Wildman–Crippen MR) is 75.8 cm³/mol. The Morgan fingerprint density at radius 3 is 2.85 bits per heavy atom. The maximum Gasteiger partial charge on any atom is 0.235 e. The van der Waals surface area contributed by atoms with Crippen LogP contribution in [0.1, 0.15) is 6.42 Å². The summed E-state index contributed by atoms with van der Waals surface area (Å²) in [6, 6.07) is 9.30. The number of benzene rings is 1. The van der Waals surface area contributed by atoms with E-state index in [0.29, 0.717) is 26.1 Å². The first kappa shape index (κ1) is 14.7. The van der Waals surface area contributed by atoms with Gasteiger partial charge in [0.15, 0.2) is 0 Å². The second-order valence-electron chi connectivity index (χ2n) is 4.60. The third-order valence-electron chi connectivity index (χ3n) is 3.07. The van der Waals surface area contributed by atoms with Gasteiger partial charge in [-0.3, -0.25) is 9.59 Å². The number of rotatable bonds is 6. The molecule has 1 aliphatic heterocycles. The number of ether oxygens (including phenoxy) is 1. The predicted octanol–water partition coefficient (Wildman–Crippen LogP) is 1.02. The molecule has 1 N–H and O–H groups in total. The van der Waals surface area contributed by atoms with Crippen molar-refractivity contribution in [2.45, 2.75) is 12.5 Å². The molecule has 5 nitrogen and oxygen atoms in total. The van der Waals surface area contributed by atoms with Crippen molar-refractivity contribution < 1.29 is 14.3 Å². The van der Waals surface area contributed by atoms with Gasteiger partial charge in [0.05, 0.1) is 12.6 Å². The highest BCUT2D eigenvalue weighted by Gasteiger charge is 2.30. The van der Waals surface area contributed by atoms with Gasteiger partial charge in [0.2, 0.25) is 11.8 Å². The number of amides is 2. The number of nitrogens with zero attached hydrogens (tertiary/aromatic N) is 1. The van der Waals surface area contributed by atoms with Crippen LogP contribution in [-0.2, 0) is 9.59 Å². The number of carbonyl (C=O) groups is 2. The van der Waals surface area contributed by atoms with Crippen LogP contribution in [0.3, 0.4) is 0 Å². The van der Waals surface area contributed by atoms with Gasteiger partial charge in [-0.1, -0.05) is 18.2 Å². The molecule has 1 heterocycles. The number of likely N-dealkylation sites (tertiary alicyclic amines) is 1. The summed E-state index contributed by atoms with van der Waals surface area (Å²) in [5, 5.41) is 2.72. The molecule has 1 saturated heterocycles. The minimum Gasteiger partial charge on any atom is -0.492 e. The molecule has 2 rings (SSSR count). The summed E-state index contributed by atoms with van der Waals surface area (Å²) in [6.07, 6.45) is 0.327. The van der Waals surface area contributed by atoms with E-state index in [4.69, 9.17) is 16.3 Å². The number of hydrogen-bond acceptors (Lipinski definition) is 3. The minimum atomic E-state index is -0.244. The van der Waals surface area contributed by atoms with Gasteiger partial charge in [0, 0.05) is 13.0 Å². The molecule has 0 radical (unpaired) electrons. The van der Waals surface area contributed by atoms with Crippen LogP contribution < -0.4 is 10.1 Å². The first-order valence-electron chi connectivity index (χ1n) is 6.50. The molecule has 0 saturated carbocycles. The fourth-order valence-electron chi connectivity index (χ4n) is 2.14. The van der Waals surface area contributed by atoms with E-state index in [2.05, 4.69) is 5.32 Å². The molecule has 1 aliphatic rings. The number of nitrogens with one attached hydrogen (secondary N) is 1. The Bertz CT molecular complexity index is 467. The topological polar surface area (TPSA) is 58.6 Å². The molecule has 1 unspecified atom stereocenters. The van der Waals surface area contributed by atoms with E-state index in [-0.39, 0.29) is 23.7 Å². The van der Waals surface area contributed by atoms with Gasteiger partial charge in [-0.05, 0) is 12.1 Å². The van der Waals surface area contributed by atoms with Crippen molar-refractivity contribution in [3.05, 3.63) is 30.3 Å². The second-order valence-corrected chi connectivity index (χ2v) is 4.87. The van der Waals surface area contributed by atoms with Gasteiger partial charge in [0.1, 0.15) is 18.2 Å². The van der Waals surface area contributed by atoms with Crippen LogP contribution in [-0.4, -0.2) is 48.3 Å². The van der Waals surface area contributed by atoms with Crippen molar-refractivity contribution in [2.24, 2.45) is 0 Å². The van der Waals surface area contributed by atoms with Crippen LogP contribution in [0.4, 0.5) is 0 Å². The lowest BCUT2D eigenvalue weighted by atomic mass is 10.2. The van der Waals surface area contributed by atoms with Gasteiger partial charge < -0.3 is 15.0 Å². The van der Waals surface area contributed by atoms with Crippen LogP contribution in [0.15, 0.2) is 30.3 Å². The molecule has 0 spiro atoms. The van der Waals surface area contributed by atoms with Crippen LogP contribution in [0.2, 0.25) is 0 Å². The molecule has 0 bridgehead atoms. The van der Waals surface area contributed by atoms with E-state index in [1.54, 1.807) is 4.90 Å². The van der Waals surface area contributed by atoms with E-state index in [9.17, 15) is 9.59 Å². The quantitative estimate of drug-likeness (QED) is 0.798. The average Bonchev–Trinajstić information content (AvgIpc) is 2.80. The number of hydrogen-bond donors (Lipinski definition) is 1. The highest BCUT2D eigenvalue weighted by Crippen LogP contribution is 2.12. The SMILES string of the molecule is O=C(CCl)NC1CC(=O)N(CCOc2ccccc2)C1. The second kappa shape index (κ2) is 7.14. The first-order valence-corrected chi connectivity index (χ1v) is 7.03. The summed E-state index contributed by atoms with van der Waals surface area (Å²) >= 11 is 5.42. The van der Waals surface area contributed by atoms with E-state index < -0.39 is 0 Å². The highest BCUT2D eigenvalue weighted by molar-refractivity contribution is 6.27. The van der Waals surface area contributed by atoms with Gasteiger partial charge in [-0.2, -0.15) is 0 Å². The Labute approximate surface area is 122 Å². The maximum atomic E-state index is 11.8. The zero-order valence-electron chi connectivity index (χ0n) is 11.0.